The third-order valence-electron chi connectivity index (χ3n) is 4.70. The Kier molecular flexibility index (Phi) is 5.69. The van der Waals surface area contributed by atoms with Crippen LogP contribution in [0.4, 0.5) is 0 Å². The van der Waals surface area contributed by atoms with E-state index in [0.717, 1.165) is 24.0 Å². The van der Waals surface area contributed by atoms with Crippen molar-refractivity contribution in [2.45, 2.75) is 32.7 Å². The first-order valence-corrected chi connectivity index (χ1v) is 9.02. The average Bonchev–Trinajstić information content (AvgIpc) is 3.01. The van der Waals surface area contributed by atoms with Crippen LogP contribution in [-0.4, -0.2) is 26.2 Å². The molecule has 0 aliphatic carbocycles. The molecule has 1 unspecified atom stereocenters. The van der Waals surface area contributed by atoms with Crippen molar-refractivity contribution in [3.63, 3.8) is 0 Å². The number of ether oxygens (including phenoxy) is 2. The summed E-state index contributed by atoms with van der Waals surface area (Å²) in [7, 11) is 3.26. The smallest absolute Gasteiger partial charge is 0.255 e. The highest BCUT2D eigenvalue weighted by atomic mass is 16.5. The summed E-state index contributed by atoms with van der Waals surface area (Å²) in [5.41, 5.74) is 2.47. The SMILES string of the molecule is COc1ccc(CCC(C)NC(=O)c2c(C)oc3ccc(OC)cc23)cc1. The van der Waals surface area contributed by atoms with Crippen molar-refractivity contribution < 1.29 is 18.7 Å². The van der Waals surface area contributed by atoms with Crippen molar-refractivity contribution >= 4 is 16.9 Å². The van der Waals surface area contributed by atoms with Gasteiger partial charge in [0.25, 0.3) is 5.91 Å². The van der Waals surface area contributed by atoms with E-state index in [9.17, 15) is 4.79 Å². The number of aryl methyl sites for hydroxylation is 2. The lowest BCUT2D eigenvalue weighted by Gasteiger charge is -2.14. The van der Waals surface area contributed by atoms with E-state index in [1.807, 2.05) is 56.3 Å². The van der Waals surface area contributed by atoms with E-state index in [2.05, 4.69) is 5.32 Å². The van der Waals surface area contributed by atoms with Crippen LogP contribution in [0, 0.1) is 6.92 Å². The maximum Gasteiger partial charge on any atom is 0.255 e. The van der Waals surface area contributed by atoms with E-state index >= 15 is 0 Å². The molecule has 1 aromatic heterocycles. The number of furan rings is 1. The van der Waals surface area contributed by atoms with Gasteiger partial charge in [-0.3, -0.25) is 4.79 Å². The summed E-state index contributed by atoms with van der Waals surface area (Å²) in [5, 5.41) is 3.85. The van der Waals surface area contributed by atoms with E-state index in [4.69, 9.17) is 13.9 Å². The molecule has 1 atom stereocenters. The van der Waals surface area contributed by atoms with Gasteiger partial charge in [0.2, 0.25) is 0 Å². The molecule has 0 saturated heterocycles. The minimum absolute atomic E-state index is 0.0366. The van der Waals surface area contributed by atoms with Crippen molar-refractivity contribution in [2.75, 3.05) is 14.2 Å². The van der Waals surface area contributed by atoms with Crippen LogP contribution >= 0.6 is 0 Å². The standard InChI is InChI=1S/C22H25NO4/c1-14(5-6-16-7-9-17(25-3)10-8-16)23-22(24)21-15(2)27-20-12-11-18(26-4)13-19(20)21/h7-14H,5-6H2,1-4H3,(H,23,24). The minimum atomic E-state index is -0.123. The number of hydrogen-bond donors (Lipinski definition) is 1. The molecule has 142 valence electrons. The first-order chi connectivity index (χ1) is 13.0. The number of hydrogen-bond acceptors (Lipinski definition) is 4. The highest BCUT2D eigenvalue weighted by Gasteiger charge is 2.20. The molecule has 1 N–H and O–H groups in total. The van der Waals surface area contributed by atoms with Crippen LogP contribution < -0.4 is 14.8 Å². The molecule has 27 heavy (non-hydrogen) atoms. The predicted octanol–water partition coefficient (Wildman–Crippen LogP) is 4.51. The summed E-state index contributed by atoms with van der Waals surface area (Å²) in [4.78, 5) is 12.8. The van der Waals surface area contributed by atoms with Crippen molar-refractivity contribution in [3.05, 3.63) is 59.4 Å². The predicted molar refractivity (Wildman–Crippen MR) is 106 cm³/mol. The van der Waals surface area contributed by atoms with Gasteiger partial charge in [0.15, 0.2) is 0 Å². The first kappa shape index (κ1) is 18.8. The van der Waals surface area contributed by atoms with Gasteiger partial charge in [0.1, 0.15) is 22.8 Å². The first-order valence-electron chi connectivity index (χ1n) is 9.02. The van der Waals surface area contributed by atoms with Gasteiger partial charge in [-0.05, 0) is 62.6 Å². The molecule has 2 aromatic carbocycles. The highest BCUT2D eigenvalue weighted by Crippen LogP contribution is 2.29. The van der Waals surface area contributed by atoms with Crippen LogP contribution in [0.3, 0.4) is 0 Å². The molecule has 0 saturated carbocycles. The summed E-state index contributed by atoms with van der Waals surface area (Å²) >= 11 is 0. The lowest BCUT2D eigenvalue weighted by atomic mass is 10.0. The molecule has 0 bridgehead atoms. The molecule has 5 heteroatoms. The minimum Gasteiger partial charge on any atom is -0.497 e. The Balaban J connectivity index is 1.67. The Bertz CT molecular complexity index is 927. The third-order valence-corrected chi connectivity index (χ3v) is 4.70. The van der Waals surface area contributed by atoms with Crippen LogP contribution in [0.15, 0.2) is 46.9 Å². The van der Waals surface area contributed by atoms with Gasteiger partial charge in [0.05, 0.1) is 19.8 Å². The van der Waals surface area contributed by atoms with Crippen molar-refractivity contribution in [3.8, 4) is 11.5 Å². The summed E-state index contributed by atoms with van der Waals surface area (Å²) < 4.78 is 16.2. The number of amides is 1. The molecule has 0 radical (unpaired) electrons. The monoisotopic (exact) mass is 367 g/mol. The molecule has 5 nitrogen and oxygen atoms in total. The molecule has 0 fully saturated rings. The van der Waals surface area contributed by atoms with E-state index in [0.29, 0.717) is 22.7 Å². The Morgan fingerprint density at radius 3 is 2.41 bits per heavy atom. The number of methoxy groups -OCH3 is 2. The van der Waals surface area contributed by atoms with Crippen LogP contribution in [-0.2, 0) is 6.42 Å². The fraction of sp³-hybridized carbons (Fsp3) is 0.318. The van der Waals surface area contributed by atoms with Gasteiger partial charge in [-0.15, -0.1) is 0 Å². The third kappa shape index (κ3) is 4.25. The number of nitrogens with one attached hydrogen (secondary N) is 1. The quantitative estimate of drug-likeness (QED) is 0.667. The second kappa shape index (κ2) is 8.16. The summed E-state index contributed by atoms with van der Waals surface area (Å²) in [6.45, 7) is 3.82. The Labute approximate surface area is 159 Å². The van der Waals surface area contributed by atoms with E-state index in [1.54, 1.807) is 14.2 Å². The topological polar surface area (TPSA) is 60.7 Å². The second-order valence-electron chi connectivity index (χ2n) is 6.66. The maximum absolute atomic E-state index is 12.8. The van der Waals surface area contributed by atoms with Gasteiger partial charge >= 0.3 is 0 Å². The summed E-state index contributed by atoms with van der Waals surface area (Å²) in [6.07, 6.45) is 1.72. The molecule has 3 rings (SSSR count). The van der Waals surface area contributed by atoms with Gasteiger partial charge in [0, 0.05) is 11.4 Å². The molecule has 1 amide bonds. The Morgan fingerprint density at radius 2 is 1.74 bits per heavy atom. The lowest BCUT2D eigenvalue weighted by Crippen LogP contribution is -2.33. The Morgan fingerprint density at radius 1 is 1.07 bits per heavy atom. The molecule has 3 aromatic rings. The fourth-order valence-electron chi connectivity index (χ4n) is 3.15. The van der Waals surface area contributed by atoms with Gasteiger partial charge in [-0.2, -0.15) is 0 Å². The van der Waals surface area contributed by atoms with Gasteiger partial charge in [-0.25, -0.2) is 0 Å². The zero-order chi connectivity index (χ0) is 19.4. The van der Waals surface area contributed by atoms with Crippen molar-refractivity contribution in [1.82, 2.24) is 5.32 Å². The summed E-state index contributed by atoms with van der Waals surface area (Å²) in [5.74, 6) is 2.03. The van der Waals surface area contributed by atoms with Gasteiger partial charge < -0.3 is 19.2 Å². The molecular weight excluding hydrogens is 342 g/mol. The number of carbonyl (C=O) groups excluding carboxylic acids is 1. The number of carbonyl (C=O) groups is 1. The average molecular weight is 367 g/mol. The van der Waals surface area contributed by atoms with E-state index in [-0.39, 0.29) is 11.9 Å². The normalized spacial score (nSPS) is 12.0. The van der Waals surface area contributed by atoms with Crippen molar-refractivity contribution in [2.24, 2.45) is 0 Å². The molecule has 0 spiro atoms. The number of rotatable bonds is 7. The second-order valence-corrected chi connectivity index (χ2v) is 6.66. The van der Waals surface area contributed by atoms with Crippen LogP contribution in [0.25, 0.3) is 11.0 Å². The Hall–Kier alpha value is -2.95. The zero-order valence-electron chi connectivity index (χ0n) is 16.2. The van der Waals surface area contributed by atoms with Gasteiger partial charge in [-0.1, -0.05) is 12.1 Å². The largest absolute Gasteiger partial charge is 0.497 e. The van der Waals surface area contributed by atoms with E-state index < -0.39 is 0 Å². The zero-order valence-corrected chi connectivity index (χ0v) is 16.2. The summed E-state index contributed by atoms with van der Waals surface area (Å²) in [6, 6.07) is 13.5. The molecular formula is C22H25NO4. The molecule has 0 aliphatic rings. The molecule has 0 aliphatic heterocycles. The maximum atomic E-state index is 12.8. The number of fused-ring (bicyclic) bond motifs is 1. The lowest BCUT2D eigenvalue weighted by molar-refractivity contribution is 0.0938. The van der Waals surface area contributed by atoms with Crippen molar-refractivity contribution in [1.29, 1.82) is 0 Å². The van der Waals surface area contributed by atoms with Crippen LogP contribution in [0.5, 0.6) is 11.5 Å². The number of benzene rings is 2. The van der Waals surface area contributed by atoms with Crippen LogP contribution in [0.2, 0.25) is 0 Å². The van der Waals surface area contributed by atoms with E-state index in [1.165, 1.54) is 5.56 Å². The van der Waals surface area contributed by atoms with Crippen LogP contribution in [0.1, 0.15) is 35.0 Å². The molecule has 1 heterocycles. The fourth-order valence-corrected chi connectivity index (χ4v) is 3.15. The highest BCUT2D eigenvalue weighted by molar-refractivity contribution is 6.07.